The molecule has 1 unspecified atom stereocenters. The Bertz CT molecular complexity index is 3500. The first-order valence-corrected chi connectivity index (χ1v) is 22.2. The summed E-state index contributed by atoms with van der Waals surface area (Å²) < 4.78 is 2.58. The van der Waals surface area contributed by atoms with Gasteiger partial charge in [-0.3, -0.25) is 0 Å². The maximum absolute atomic E-state index is 2.59. The molecule has 3 heteroatoms. The maximum atomic E-state index is 2.59. The fourth-order valence-electron chi connectivity index (χ4n) is 10.8. The molecule has 0 N–H and O–H groups in total. The van der Waals surface area contributed by atoms with E-state index in [0.717, 1.165) is 22.7 Å². The van der Waals surface area contributed by atoms with Gasteiger partial charge in [0, 0.05) is 49.2 Å². The van der Waals surface area contributed by atoms with Gasteiger partial charge >= 0.3 is 0 Å². The first-order valence-electron chi connectivity index (χ1n) is 21.4. The molecule has 0 amide bonds. The van der Waals surface area contributed by atoms with Crippen molar-refractivity contribution in [3.63, 3.8) is 0 Å². The van der Waals surface area contributed by atoms with E-state index in [1.54, 1.807) is 0 Å². The number of fused-ring (bicyclic) bond motifs is 14. The summed E-state index contributed by atoms with van der Waals surface area (Å²) in [6.45, 7) is 0. The highest BCUT2D eigenvalue weighted by molar-refractivity contribution is 7.26. The highest BCUT2D eigenvalue weighted by Crippen LogP contribution is 2.67. The number of benzene rings is 10. The molecular formula is C59H38N2S. The van der Waals surface area contributed by atoms with Gasteiger partial charge in [-0.15, -0.1) is 11.3 Å². The minimum absolute atomic E-state index is 0.610. The van der Waals surface area contributed by atoms with E-state index >= 15 is 0 Å². The van der Waals surface area contributed by atoms with Crippen molar-refractivity contribution in [3.8, 4) is 22.3 Å². The van der Waals surface area contributed by atoms with E-state index in [0.29, 0.717) is 0 Å². The van der Waals surface area contributed by atoms with Crippen molar-refractivity contribution in [1.82, 2.24) is 0 Å². The Kier molecular flexibility index (Phi) is 7.72. The fourth-order valence-corrected chi connectivity index (χ4v) is 12.0. The van der Waals surface area contributed by atoms with Crippen molar-refractivity contribution >= 4 is 76.4 Å². The van der Waals surface area contributed by atoms with Gasteiger partial charge in [0.1, 0.15) is 0 Å². The monoisotopic (exact) mass is 806 g/mol. The van der Waals surface area contributed by atoms with E-state index in [1.165, 1.54) is 86.8 Å². The molecule has 0 radical (unpaired) electrons. The molecule has 1 heterocycles. The second-order valence-corrected chi connectivity index (χ2v) is 17.4. The van der Waals surface area contributed by atoms with Crippen LogP contribution < -0.4 is 9.80 Å². The summed E-state index contributed by atoms with van der Waals surface area (Å²) in [5.41, 5.74) is 16.6. The summed E-state index contributed by atoms with van der Waals surface area (Å²) in [5, 5.41) is 5.02. The molecule has 11 aromatic rings. The molecule has 2 aliphatic rings. The normalized spacial score (nSPS) is 14.5. The summed E-state index contributed by atoms with van der Waals surface area (Å²) in [4.78, 5) is 4.97. The smallest absolute Gasteiger partial charge is 0.0746 e. The van der Waals surface area contributed by atoms with E-state index in [1.807, 2.05) is 11.3 Å². The van der Waals surface area contributed by atoms with E-state index in [9.17, 15) is 0 Å². The Morgan fingerprint density at radius 3 is 1.56 bits per heavy atom. The molecule has 62 heavy (non-hydrogen) atoms. The number of anilines is 6. The van der Waals surface area contributed by atoms with Gasteiger partial charge in [-0.1, -0.05) is 164 Å². The second kappa shape index (κ2) is 13.7. The molecule has 0 bridgehead atoms. The molecule has 0 saturated carbocycles. The molecular weight excluding hydrogens is 769 g/mol. The average Bonchev–Trinajstić information content (AvgIpc) is 3.97. The molecule has 0 saturated heterocycles. The van der Waals surface area contributed by atoms with Gasteiger partial charge in [0.25, 0.3) is 0 Å². The zero-order valence-corrected chi connectivity index (χ0v) is 34.6. The van der Waals surface area contributed by atoms with E-state index in [2.05, 4.69) is 240 Å². The van der Waals surface area contributed by atoms with Crippen LogP contribution in [-0.4, -0.2) is 0 Å². The zero-order chi connectivity index (χ0) is 40.8. The summed E-state index contributed by atoms with van der Waals surface area (Å²) in [7, 11) is 0. The Morgan fingerprint density at radius 2 is 0.871 bits per heavy atom. The predicted molar refractivity (Wildman–Crippen MR) is 263 cm³/mol. The number of hydrogen-bond donors (Lipinski definition) is 0. The highest BCUT2D eigenvalue weighted by Gasteiger charge is 2.54. The fraction of sp³-hybridized carbons (Fsp3) is 0.0169. The van der Waals surface area contributed by atoms with Crippen molar-refractivity contribution in [1.29, 1.82) is 0 Å². The summed E-state index contributed by atoms with van der Waals surface area (Å²) >= 11 is 1.89. The van der Waals surface area contributed by atoms with Crippen LogP contribution in [-0.2, 0) is 5.41 Å². The number of para-hydroxylation sites is 3. The third-order valence-corrected chi connectivity index (χ3v) is 14.4. The molecule has 2 nitrogen and oxygen atoms in total. The molecule has 1 aromatic heterocycles. The number of hydrogen-bond acceptors (Lipinski definition) is 3. The molecule has 10 aromatic carbocycles. The number of rotatable bonds is 6. The maximum Gasteiger partial charge on any atom is 0.0746 e. The Morgan fingerprint density at radius 1 is 0.339 bits per heavy atom. The van der Waals surface area contributed by atoms with Crippen LogP contribution in [0.1, 0.15) is 22.3 Å². The highest BCUT2D eigenvalue weighted by atomic mass is 32.1. The van der Waals surface area contributed by atoms with Crippen LogP contribution in [0.15, 0.2) is 231 Å². The topological polar surface area (TPSA) is 6.48 Å². The molecule has 290 valence electrons. The van der Waals surface area contributed by atoms with Crippen LogP contribution in [0, 0.1) is 0 Å². The van der Waals surface area contributed by atoms with Crippen molar-refractivity contribution in [2.45, 2.75) is 5.41 Å². The second-order valence-electron chi connectivity index (χ2n) is 16.4. The molecule has 1 atom stereocenters. The lowest BCUT2D eigenvalue weighted by atomic mass is 9.69. The predicted octanol–water partition coefficient (Wildman–Crippen LogP) is 16.5. The summed E-state index contributed by atoms with van der Waals surface area (Å²) in [5.74, 6) is 0. The van der Waals surface area contributed by atoms with Crippen molar-refractivity contribution < 1.29 is 0 Å². The van der Waals surface area contributed by atoms with Crippen molar-refractivity contribution in [2.75, 3.05) is 9.80 Å². The summed E-state index contributed by atoms with van der Waals surface area (Å²) in [6, 6.07) is 85.3. The van der Waals surface area contributed by atoms with Gasteiger partial charge in [-0.25, -0.2) is 0 Å². The van der Waals surface area contributed by atoms with Gasteiger partial charge in [-0.2, -0.15) is 0 Å². The van der Waals surface area contributed by atoms with Gasteiger partial charge in [0.15, 0.2) is 0 Å². The quantitative estimate of drug-likeness (QED) is 0.165. The van der Waals surface area contributed by atoms with Gasteiger partial charge in [0.05, 0.1) is 21.5 Å². The van der Waals surface area contributed by atoms with Gasteiger partial charge < -0.3 is 9.80 Å². The lowest BCUT2D eigenvalue weighted by molar-refractivity contribution is 0.794. The van der Waals surface area contributed by atoms with Crippen molar-refractivity contribution in [3.05, 3.63) is 253 Å². The third kappa shape index (κ3) is 4.91. The van der Waals surface area contributed by atoms with Gasteiger partial charge in [0.2, 0.25) is 0 Å². The SMILES string of the molecule is c1ccc(N(c2ccccc2)c2ccc3c(c2)-c2ccccc2C32c3ccccc3-c3cc4ccccc4c(N(c4ccccc4)c4cccc5c4sc4ccccc45)c32)cc1. The number of thiophene rings is 1. The Labute approximate surface area is 364 Å². The third-order valence-electron chi connectivity index (χ3n) is 13.2. The van der Waals surface area contributed by atoms with Crippen LogP contribution in [0.4, 0.5) is 34.1 Å². The van der Waals surface area contributed by atoms with Crippen LogP contribution in [0.5, 0.6) is 0 Å². The molecule has 2 aliphatic carbocycles. The molecule has 13 rings (SSSR count). The first-order chi connectivity index (χ1) is 30.8. The molecule has 1 spiro atoms. The standard InChI is InChI=1S/C59H38N2S/c1-4-20-40(21-5-1)60(41-22-6-2-7-23-41)43-35-36-53-49(38-43)45-27-12-15-31-51(45)59(53)52-32-16-13-28-46(52)50-37-39-19-10-11-26-44(39)57(56(50)59)61(42-24-8-3-9-25-42)54-33-18-30-48-47-29-14-17-34-55(47)62-58(48)54/h1-38H. The van der Waals surface area contributed by atoms with Crippen LogP contribution in [0.3, 0.4) is 0 Å². The van der Waals surface area contributed by atoms with Crippen LogP contribution in [0.2, 0.25) is 0 Å². The van der Waals surface area contributed by atoms with E-state index in [4.69, 9.17) is 0 Å². The minimum atomic E-state index is -0.610. The zero-order valence-electron chi connectivity index (χ0n) is 33.7. The minimum Gasteiger partial charge on any atom is -0.310 e. The summed E-state index contributed by atoms with van der Waals surface area (Å²) in [6.07, 6.45) is 0. The van der Waals surface area contributed by atoms with Crippen LogP contribution >= 0.6 is 11.3 Å². The first kappa shape index (κ1) is 35.1. The largest absolute Gasteiger partial charge is 0.310 e. The molecule has 0 fully saturated rings. The lowest BCUT2D eigenvalue weighted by Crippen LogP contribution is -2.28. The van der Waals surface area contributed by atoms with Crippen molar-refractivity contribution in [2.24, 2.45) is 0 Å². The van der Waals surface area contributed by atoms with Gasteiger partial charge in [-0.05, 0) is 111 Å². The lowest BCUT2D eigenvalue weighted by Gasteiger charge is -2.37. The molecule has 0 aliphatic heterocycles. The van der Waals surface area contributed by atoms with E-state index < -0.39 is 5.41 Å². The Hall–Kier alpha value is -7.72. The Balaban J connectivity index is 1.16. The van der Waals surface area contributed by atoms with Crippen LogP contribution in [0.25, 0.3) is 53.2 Å². The average molecular weight is 807 g/mol. The van der Waals surface area contributed by atoms with E-state index in [-0.39, 0.29) is 0 Å². The number of nitrogens with zero attached hydrogens (tertiary/aromatic N) is 2.